The summed E-state index contributed by atoms with van der Waals surface area (Å²) in [4.78, 5) is 95.2. The number of anilines is 3. The molecule has 546 valence electrons. The molecule has 3 fully saturated rings. The van der Waals surface area contributed by atoms with Crippen LogP contribution in [0.5, 0.6) is 0 Å². The molecule has 0 bridgehead atoms. The van der Waals surface area contributed by atoms with Gasteiger partial charge in [0.15, 0.2) is 53.1 Å². The number of nitrogen functional groups attached to an aromatic ring is 3. The highest BCUT2D eigenvalue weighted by molar-refractivity contribution is 8.54. The Morgan fingerprint density at radius 1 is 0.541 bits per heavy atom. The van der Waals surface area contributed by atoms with Crippen LogP contribution in [0, 0.1) is 0 Å². The van der Waals surface area contributed by atoms with Gasteiger partial charge in [-0.1, -0.05) is 96.8 Å². The molecule has 6 aromatic rings. The van der Waals surface area contributed by atoms with Crippen molar-refractivity contribution < 1.29 is 108 Å². The fourth-order valence-electron chi connectivity index (χ4n) is 11.6. The highest BCUT2D eigenvalue weighted by atomic mass is 32.7. The number of carbonyl (C=O) groups excluding carboxylic acids is 1. The number of rotatable bonds is 43. The number of aliphatic hydroxyl groups is 2. The van der Waals surface area contributed by atoms with Gasteiger partial charge in [0.25, 0.3) is 0 Å². The smallest absolute Gasteiger partial charge is 0.465 e. The van der Waals surface area contributed by atoms with Crippen molar-refractivity contribution in [3.05, 3.63) is 38.0 Å². The largest absolute Gasteiger partial charge is 0.472 e. The molecule has 98 heavy (non-hydrogen) atoms. The average Bonchev–Trinajstić information content (AvgIpc) is 1.62. The summed E-state index contributed by atoms with van der Waals surface area (Å²) in [7, 11) is -7.76. The zero-order chi connectivity index (χ0) is 70.2. The van der Waals surface area contributed by atoms with Gasteiger partial charge in [-0.05, 0) is 29.6 Å². The van der Waals surface area contributed by atoms with Crippen LogP contribution in [0.3, 0.4) is 0 Å². The first-order valence-electron chi connectivity index (χ1n) is 31.8. The van der Waals surface area contributed by atoms with E-state index >= 15 is 0 Å². The molecule has 0 aromatic carbocycles. The minimum atomic E-state index is -5.41. The lowest BCUT2D eigenvalue weighted by Gasteiger charge is -2.28. The first-order valence-corrected chi connectivity index (χ1v) is 40.6. The Morgan fingerprint density at radius 2 is 0.959 bits per heavy atom. The second kappa shape index (κ2) is 36.1. The number of aromatic nitrogens is 12. The van der Waals surface area contributed by atoms with Crippen molar-refractivity contribution in [1.82, 2.24) is 58.6 Å². The van der Waals surface area contributed by atoms with Gasteiger partial charge >= 0.3 is 35.1 Å². The van der Waals surface area contributed by atoms with E-state index in [1.807, 2.05) is 0 Å². The molecule has 7 unspecified atom stereocenters. The van der Waals surface area contributed by atoms with Gasteiger partial charge in [0.05, 0.1) is 52.0 Å². The highest BCUT2D eigenvalue weighted by Crippen LogP contribution is 2.60. The number of unbranched alkanes of at least 4 members (excludes halogenated alkanes) is 14. The van der Waals surface area contributed by atoms with Crippen LogP contribution in [-0.4, -0.2) is 209 Å². The van der Waals surface area contributed by atoms with Crippen LogP contribution in [0.2, 0.25) is 0 Å². The molecule has 9 heterocycles. The van der Waals surface area contributed by atoms with Crippen LogP contribution in [-0.2, 0) is 90.4 Å². The molecule has 0 aliphatic carbocycles. The third-order valence-electron chi connectivity index (χ3n) is 16.3. The molecule has 16 atom stereocenters. The standard InChI is InChI=1S/C54H85N15O23P4S2/c1-4-5-6-7-8-9-10-11-12-13-14-15-16-17-18-19-36(71)82-22-23-98-95(77,78)91-45-42(81-3)35(89-54(45)69-32-66-39-48(57)60-29-63-51(39)69)26-86-96(79,97)92-43-40(72)33(87-52(43)67-30-64-37-46(55)58-27-61-49(37)67)24-85-94(75,76)90-44-41(80-2)34(25-84-93(73,74)83-21-20-70)88-53(44)68-31-65-38-47(56)59-28-62-50(38)68/h27-35,40-45,52-54,70,72H,4-26H2,1-3H3,(H,73,74)(H,75,76)(H,77,78)(H,79,97)(H2,55,58,61)(H2,56,59,62)(H2,57,60,63)/t33-,34-,35-,40+,41+,42+,43?,44?,45?,52-,53-,54-,96?/m1/s1. The van der Waals surface area contributed by atoms with Crippen molar-refractivity contribution in [1.29, 1.82) is 0 Å². The number of carbonyl (C=O) groups is 1. The Hall–Kier alpha value is -4.51. The molecule has 9 rings (SSSR count). The van der Waals surface area contributed by atoms with E-state index in [1.165, 1.54) is 124 Å². The molecular formula is C54H85N15O23P4S2. The van der Waals surface area contributed by atoms with E-state index in [0.29, 0.717) is 17.8 Å². The summed E-state index contributed by atoms with van der Waals surface area (Å²) in [6.45, 7) is -10.8. The molecule has 3 aliphatic heterocycles. The Morgan fingerprint density at radius 3 is 1.43 bits per heavy atom. The number of phosphoric ester groups is 2. The third-order valence-corrected chi connectivity index (χ3v) is 22.8. The van der Waals surface area contributed by atoms with E-state index in [-0.39, 0.29) is 69.7 Å². The van der Waals surface area contributed by atoms with Crippen molar-refractivity contribution in [2.45, 2.75) is 183 Å². The lowest BCUT2D eigenvalue weighted by molar-refractivity contribution is -0.143. The molecule has 0 saturated carbocycles. The third kappa shape index (κ3) is 20.4. The number of aliphatic hydroxyl groups excluding tert-OH is 2. The fraction of sp³-hybridized carbons (Fsp3) is 0.704. The van der Waals surface area contributed by atoms with Gasteiger partial charge in [0.2, 0.25) is 0 Å². The Labute approximate surface area is 571 Å². The monoisotopic (exact) mass is 1500 g/mol. The number of hydrogen-bond acceptors (Lipinski definition) is 33. The maximum Gasteiger partial charge on any atom is 0.472 e. The quantitative estimate of drug-likeness (QED) is 0.0128. The SMILES string of the molecule is CCCCCCCCCCCCCCCCCC(=O)OCCSP(=O)(O)OC1[C@@H](OC)[C@@H](COP(O)(=S)OC2[C@@H](O)[C@@H](COP(=O)(O)OC3[C@@H](OC)[C@@H](COP(=O)(O)OCCO)O[C@H]3n3cnc4c(N)ncnc43)O[C@H]2n2cnc3c(N)ncnc32)O[C@H]1n1cnc2c(N)ncnc21. The molecule has 38 nitrogen and oxygen atoms in total. The number of nitrogens with two attached hydrogens (primary N) is 3. The molecular weight excluding hydrogens is 1410 g/mol. The lowest BCUT2D eigenvalue weighted by atomic mass is 10.0. The molecule has 3 aliphatic rings. The van der Waals surface area contributed by atoms with Gasteiger partial charge in [-0.15, -0.1) is 0 Å². The zero-order valence-electron chi connectivity index (χ0n) is 54.0. The molecule has 12 N–H and O–H groups in total. The van der Waals surface area contributed by atoms with Crippen molar-refractivity contribution in [2.24, 2.45) is 0 Å². The van der Waals surface area contributed by atoms with E-state index in [4.69, 9.17) is 94.2 Å². The van der Waals surface area contributed by atoms with Gasteiger partial charge in [0.1, 0.15) is 97.1 Å². The number of esters is 1. The van der Waals surface area contributed by atoms with Gasteiger partial charge in [-0.3, -0.25) is 45.6 Å². The van der Waals surface area contributed by atoms with E-state index in [9.17, 15) is 43.2 Å². The van der Waals surface area contributed by atoms with E-state index in [0.717, 1.165) is 31.9 Å². The van der Waals surface area contributed by atoms with Crippen LogP contribution >= 0.6 is 40.5 Å². The topological polar surface area (TPSA) is 519 Å². The van der Waals surface area contributed by atoms with Crippen molar-refractivity contribution in [3.8, 4) is 0 Å². The van der Waals surface area contributed by atoms with E-state index < -0.39 is 142 Å². The van der Waals surface area contributed by atoms with Crippen molar-refractivity contribution in [2.75, 3.05) is 76.8 Å². The summed E-state index contributed by atoms with van der Waals surface area (Å²) in [6, 6.07) is 0. The first kappa shape index (κ1) is 77.6. The Kier molecular flexibility index (Phi) is 28.6. The fourth-order valence-corrected chi connectivity index (χ4v) is 17.0. The van der Waals surface area contributed by atoms with Crippen molar-refractivity contribution >= 4 is 109 Å². The van der Waals surface area contributed by atoms with Crippen LogP contribution in [0.4, 0.5) is 17.5 Å². The normalized spacial score (nSPS) is 26.1. The molecule has 0 radical (unpaired) electrons. The summed E-state index contributed by atoms with van der Waals surface area (Å²) in [5.41, 5.74) is 18.8. The molecule has 0 spiro atoms. The van der Waals surface area contributed by atoms with Crippen LogP contribution in [0.15, 0.2) is 38.0 Å². The zero-order valence-corrected chi connectivity index (χ0v) is 59.2. The van der Waals surface area contributed by atoms with Crippen molar-refractivity contribution in [3.63, 3.8) is 0 Å². The van der Waals surface area contributed by atoms with Gasteiger partial charge in [-0.25, -0.2) is 58.6 Å². The van der Waals surface area contributed by atoms with Crippen LogP contribution < -0.4 is 17.2 Å². The number of fused-ring (bicyclic) bond motifs is 3. The number of imidazole rings is 3. The van der Waals surface area contributed by atoms with Gasteiger partial charge in [-0.2, -0.15) is 0 Å². The average molecular weight is 1500 g/mol. The predicted octanol–water partition coefficient (Wildman–Crippen LogP) is 5.61. The van der Waals surface area contributed by atoms with Crippen LogP contribution in [0.25, 0.3) is 33.5 Å². The number of nitrogens with zero attached hydrogens (tertiary/aromatic N) is 12. The van der Waals surface area contributed by atoms with E-state index in [2.05, 4.69) is 51.8 Å². The lowest BCUT2D eigenvalue weighted by Crippen LogP contribution is -2.38. The molecule has 6 aromatic heterocycles. The molecule has 44 heteroatoms. The summed E-state index contributed by atoms with van der Waals surface area (Å²) in [5.74, 6) is -0.646. The molecule has 0 amide bonds. The summed E-state index contributed by atoms with van der Waals surface area (Å²) in [6.07, 6.45) is 6.91. The second-order valence-electron chi connectivity index (χ2n) is 23.1. The highest BCUT2D eigenvalue weighted by Gasteiger charge is 2.55. The molecule has 3 saturated heterocycles. The number of phosphoric acid groups is 2. The maximum absolute atomic E-state index is 14.2. The summed E-state index contributed by atoms with van der Waals surface area (Å²) < 4.78 is 119. The summed E-state index contributed by atoms with van der Waals surface area (Å²) in [5, 5.41) is 21.2. The first-order chi connectivity index (χ1) is 47.0. The summed E-state index contributed by atoms with van der Waals surface area (Å²) >= 11 is 6.07. The maximum atomic E-state index is 14.2. The number of methoxy groups -OCH3 is 2. The number of hydrogen-bond donors (Lipinski definition) is 9. The minimum Gasteiger partial charge on any atom is -0.465 e. The Bertz CT molecular complexity index is 3760. The van der Waals surface area contributed by atoms with Gasteiger partial charge in [0, 0.05) is 26.4 Å². The number of ether oxygens (including phenoxy) is 6. The Balaban J connectivity index is 0.837. The van der Waals surface area contributed by atoms with E-state index in [1.54, 1.807) is 0 Å². The van der Waals surface area contributed by atoms with Crippen LogP contribution in [0.1, 0.15) is 128 Å². The van der Waals surface area contributed by atoms with Gasteiger partial charge < -0.3 is 79.9 Å². The minimum absolute atomic E-state index is 0.00530. The second-order valence-corrected chi connectivity index (χ2v) is 32.7. The predicted molar refractivity (Wildman–Crippen MR) is 353 cm³/mol.